The first kappa shape index (κ1) is 19.2. The molecule has 7 heteroatoms. The zero-order valence-electron chi connectivity index (χ0n) is 15.8. The molecule has 27 heavy (non-hydrogen) atoms. The van der Waals surface area contributed by atoms with Gasteiger partial charge in [0.15, 0.2) is 12.2 Å². The van der Waals surface area contributed by atoms with Crippen molar-refractivity contribution >= 4 is 23.0 Å². The summed E-state index contributed by atoms with van der Waals surface area (Å²) in [5, 5.41) is 2.97. The Morgan fingerprint density at radius 2 is 2.04 bits per heavy atom. The molecule has 1 saturated carbocycles. The molecule has 2 aromatic rings. The standard InChI is InChI=1S/C20H26N2O5/c1-13-6-5-7-15(14(13)2)21-18(23)12-26-19(24)10-11-22-16-8-3-4-9-17(16)27-20(22)25/h3-4,8-9,13-15H,5-7,10-12H2,1-2H3,(H,21,23)/t13-,14+,15-/m0/s1. The molecule has 0 spiro atoms. The van der Waals surface area contributed by atoms with Crippen LogP contribution in [0, 0.1) is 11.8 Å². The lowest BCUT2D eigenvalue weighted by molar-refractivity contribution is -0.149. The minimum absolute atomic E-state index is 0.00637. The first-order valence-electron chi connectivity index (χ1n) is 9.49. The quantitative estimate of drug-likeness (QED) is 0.785. The number of rotatable bonds is 6. The molecule has 146 valence electrons. The summed E-state index contributed by atoms with van der Waals surface area (Å²) < 4.78 is 11.6. The number of benzene rings is 1. The molecule has 1 aromatic carbocycles. The van der Waals surface area contributed by atoms with Crippen LogP contribution in [-0.2, 0) is 20.9 Å². The molecule has 1 aliphatic carbocycles. The van der Waals surface area contributed by atoms with Gasteiger partial charge in [0.1, 0.15) is 0 Å². The molecular formula is C20H26N2O5. The number of nitrogens with one attached hydrogen (secondary N) is 1. The Labute approximate surface area is 157 Å². The molecule has 3 rings (SSSR count). The minimum Gasteiger partial charge on any atom is -0.456 e. The van der Waals surface area contributed by atoms with E-state index in [0.717, 1.165) is 12.8 Å². The van der Waals surface area contributed by atoms with Gasteiger partial charge in [-0.1, -0.05) is 38.8 Å². The maximum atomic E-state index is 12.1. The number of aryl methyl sites for hydroxylation is 1. The van der Waals surface area contributed by atoms with Crippen molar-refractivity contribution in [2.24, 2.45) is 11.8 Å². The van der Waals surface area contributed by atoms with E-state index in [1.807, 2.05) is 0 Å². The van der Waals surface area contributed by atoms with Gasteiger partial charge in [-0.25, -0.2) is 4.79 Å². The maximum absolute atomic E-state index is 12.1. The second-order valence-electron chi connectivity index (χ2n) is 7.34. The van der Waals surface area contributed by atoms with E-state index in [4.69, 9.17) is 9.15 Å². The molecule has 0 aliphatic heterocycles. The number of carbonyl (C=O) groups excluding carboxylic acids is 2. The third-order valence-electron chi connectivity index (χ3n) is 5.53. The van der Waals surface area contributed by atoms with Crippen molar-refractivity contribution in [1.82, 2.24) is 9.88 Å². The van der Waals surface area contributed by atoms with Crippen molar-refractivity contribution < 1.29 is 18.7 Å². The number of fused-ring (bicyclic) bond motifs is 1. The van der Waals surface area contributed by atoms with Crippen LogP contribution in [0.25, 0.3) is 11.1 Å². The summed E-state index contributed by atoms with van der Waals surface area (Å²) in [6.07, 6.45) is 3.24. The van der Waals surface area contributed by atoms with Crippen LogP contribution in [0.1, 0.15) is 39.5 Å². The van der Waals surface area contributed by atoms with E-state index in [1.165, 1.54) is 11.0 Å². The molecule has 1 heterocycles. The second kappa shape index (κ2) is 8.41. The number of hydrogen-bond donors (Lipinski definition) is 1. The van der Waals surface area contributed by atoms with Crippen molar-refractivity contribution in [3.63, 3.8) is 0 Å². The van der Waals surface area contributed by atoms with Crippen LogP contribution in [0.4, 0.5) is 0 Å². The van der Waals surface area contributed by atoms with E-state index < -0.39 is 11.7 Å². The SMILES string of the molecule is C[C@H]1[C@@H](NC(=O)COC(=O)CCn2c(=O)oc3ccccc32)CCC[C@@H]1C. The Balaban J connectivity index is 1.46. The number of nitrogens with zero attached hydrogens (tertiary/aromatic N) is 1. The largest absolute Gasteiger partial charge is 0.456 e. The van der Waals surface area contributed by atoms with Crippen molar-refractivity contribution in [3.05, 3.63) is 34.8 Å². The molecule has 3 atom stereocenters. The maximum Gasteiger partial charge on any atom is 0.419 e. The lowest BCUT2D eigenvalue weighted by Gasteiger charge is -2.34. The van der Waals surface area contributed by atoms with E-state index in [0.29, 0.717) is 22.9 Å². The van der Waals surface area contributed by atoms with Gasteiger partial charge in [0.25, 0.3) is 5.91 Å². The fourth-order valence-electron chi connectivity index (χ4n) is 3.68. The Hall–Kier alpha value is -2.57. The molecule has 7 nitrogen and oxygen atoms in total. The number of hydrogen-bond acceptors (Lipinski definition) is 5. The molecule has 0 unspecified atom stereocenters. The lowest BCUT2D eigenvalue weighted by atomic mass is 9.78. The van der Waals surface area contributed by atoms with Crippen molar-refractivity contribution in [1.29, 1.82) is 0 Å². The topological polar surface area (TPSA) is 90.5 Å². The zero-order chi connectivity index (χ0) is 19.4. The smallest absolute Gasteiger partial charge is 0.419 e. The summed E-state index contributed by atoms with van der Waals surface area (Å²) in [4.78, 5) is 35.9. The van der Waals surface area contributed by atoms with Crippen molar-refractivity contribution in [2.45, 2.75) is 52.1 Å². The summed E-state index contributed by atoms with van der Waals surface area (Å²) >= 11 is 0. The highest BCUT2D eigenvalue weighted by atomic mass is 16.5. The Morgan fingerprint density at radius 3 is 2.85 bits per heavy atom. The Bertz CT molecular complexity index is 869. The average Bonchev–Trinajstić information content (AvgIpc) is 2.97. The van der Waals surface area contributed by atoms with Crippen LogP contribution < -0.4 is 11.1 Å². The molecule has 0 saturated heterocycles. The van der Waals surface area contributed by atoms with Crippen LogP contribution in [0.3, 0.4) is 0 Å². The van der Waals surface area contributed by atoms with Crippen LogP contribution in [0.15, 0.2) is 33.5 Å². The number of para-hydroxylation sites is 2. The highest BCUT2D eigenvalue weighted by Crippen LogP contribution is 2.29. The fraction of sp³-hybridized carbons (Fsp3) is 0.550. The molecule has 1 amide bonds. The van der Waals surface area contributed by atoms with Gasteiger partial charge < -0.3 is 14.5 Å². The number of carbonyl (C=O) groups is 2. The summed E-state index contributed by atoms with van der Waals surface area (Å²) in [6.45, 7) is 4.20. The average molecular weight is 374 g/mol. The molecule has 1 fully saturated rings. The predicted molar refractivity (Wildman–Crippen MR) is 100 cm³/mol. The van der Waals surface area contributed by atoms with Crippen LogP contribution >= 0.6 is 0 Å². The van der Waals surface area contributed by atoms with Crippen molar-refractivity contribution in [2.75, 3.05) is 6.61 Å². The molecule has 1 N–H and O–H groups in total. The Morgan fingerprint density at radius 1 is 1.26 bits per heavy atom. The molecule has 1 aromatic heterocycles. The summed E-state index contributed by atoms with van der Waals surface area (Å²) in [7, 11) is 0. The lowest BCUT2D eigenvalue weighted by Crippen LogP contribution is -2.45. The normalized spacial score (nSPS) is 22.5. The molecule has 0 radical (unpaired) electrons. The predicted octanol–water partition coefficient (Wildman–Crippen LogP) is 2.47. The van der Waals surface area contributed by atoms with Gasteiger partial charge in [0, 0.05) is 12.6 Å². The van der Waals surface area contributed by atoms with E-state index in [-0.39, 0.29) is 31.5 Å². The van der Waals surface area contributed by atoms with Gasteiger partial charge in [-0.2, -0.15) is 0 Å². The van der Waals surface area contributed by atoms with Crippen LogP contribution in [-0.4, -0.2) is 29.1 Å². The number of oxazole rings is 1. The van der Waals surface area contributed by atoms with Crippen molar-refractivity contribution in [3.8, 4) is 0 Å². The summed E-state index contributed by atoms with van der Waals surface area (Å²) in [5.74, 6) is -0.316. The van der Waals surface area contributed by atoms with Gasteiger partial charge in [-0.15, -0.1) is 0 Å². The molecule has 0 bridgehead atoms. The van der Waals surface area contributed by atoms with Gasteiger partial charge in [-0.3, -0.25) is 14.2 Å². The molecular weight excluding hydrogens is 348 g/mol. The minimum atomic E-state index is -0.521. The van der Waals surface area contributed by atoms with E-state index in [2.05, 4.69) is 19.2 Å². The second-order valence-corrected chi connectivity index (χ2v) is 7.34. The summed E-state index contributed by atoms with van der Waals surface area (Å²) in [6, 6.07) is 7.16. The number of aromatic nitrogens is 1. The Kier molecular flexibility index (Phi) is 5.98. The number of ether oxygens (including phenoxy) is 1. The summed E-state index contributed by atoms with van der Waals surface area (Å²) in [5.41, 5.74) is 1.11. The van der Waals surface area contributed by atoms with Gasteiger partial charge in [0.2, 0.25) is 0 Å². The van der Waals surface area contributed by atoms with Gasteiger partial charge in [-0.05, 0) is 30.4 Å². The monoisotopic (exact) mass is 374 g/mol. The highest BCUT2D eigenvalue weighted by Gasteiger charge is 2.28. The third kappa shape index (κ3) is 4.59. The first-order valence-corrected chi connectivity index (χ1v) is 9.49. The van der Waals surface area contributed by atoms with Crippen LogP contribution in [0.2, 0.25) is 0 Å². The molecule has 1 aliphatic rings. The number of amides is 1. The fourth-order valence-corrected chi connectivity index (χ4v) is 3.68. The van der Waals surface area contributed by atoms with E-state index in [9.17, 15) is 14.4 Å². The van der Waals surface area contributed by atoms with Gasteiger partial charge >= 0.3 is 11.7 Å². The zero-order valence-corrected chi connectivity index (χ0v) is 15.8. The van der Waals surface area contributed by atoms with E-state index >= 15 is 0 Å². The first-order chi connectivity index (χ1) is 13.0. The van der Waals surface area contributed by atoms with Gasteiger partial charge in [0.05, 0.1) is 11.9 Å². The highest BCUT2D eigenvalue weighted by molar-refractivity contribution is 5.80. The van der Waals surface area contributed by atoms with E-state index in [1.54, 1.807) is 24.3 Å². The number of esters is 1. The third-order valence-corrected chi connectivity index (χ3v) is 5.53. The van der Waals surface area contributed by atoms with Crippen LogP contribution in [0.5, 0.6) is 0 Å².